The predicted octanol–water partition coefficient (Wildman–Crippen LogP) is 6.57. The van der Waals surface area contributed by atoms with E-state index in [-0.39, 0.29) is 5.92 Å². The van der Waals surface area contributed by atoms with E-state index in [2.05, 4.69) is 62.1 Å². The normalized spacial score (nSPS) is 23.5. The highest BCUT2D eigenvalue weighted by molar-refractivity contribution is 5.83. The van der Waals surface area contributed by atoms with Gasteiger partial charge in [-0.05, 0) is 104 Å². The number of carbonyl (C=O) groups is 1. The van der Waals surface area contributed by atoms with Crippen molar-refractivity contribution in [3.8, 4) is 0 Å². The summed E-state index contributed by atoms with van der Waals surface area (Å²) in [6, 6.07) is 14.0. The second-order valence-corrected chi connectivity index (χ2v) is 11.5. The fourth-order valence-corrected chi connectivity index (χ4v) is 5.88. The first-order valence-corrected chi connectivity index (χ1v) is 12.7. The smallest absolute Gasteiger partial charge is 0.306 e. The summed E-state index contributed by atoms with van der Waals surface area (Å²) in [4.78, 5) is 13.5. The van der Waals surface area contributed by atoms with Crippen molar-refractivity contribution in [3.05, 3.63) is 47.5 Å². The minimum absolute atomic E-state index is 0.144. The number of rotatable bonds is 6. The zero-order valence-electron chi connectivity index (χ0n) is 20.3. The number of aliphatic carboxylic acids is 1. The molecule has 32 heavy (non-hydrogen) atoms. The van der Waals surface area contributed by atoms with Crippen molar-refractivity contribution in [2.45, 2.75) is 72.1 Å². The molecule has 1 aliphatic heterocycles. The van der Waals surface area contributed by atoms with Crippen LogP contribution >= 0.6 is 0 Å². The molecule has 2 aliphatic rings. The summed E-state index contributed by atoms with van der Waals surface area (Å²) in [5, 5.41) is 11.9. The Bertz CT molecular complexity index is 912. The minimum atomic E-state index is -0.629. The summed E-state index contributed by atoms with van der Waals surface area (Å²) >= 11 is 0. The van der Waals surface area contributed by atoms with Crippen molar-refractivity contribution in [1.29, 1.82) is 0 Å². The molecule has 2 aromatic carbocycles. The monoisotopic (exact) mass is 435 g/mol. The fraction of sp³-hybridized carbons (Fsp3) is 0.621. The molecule has 3 nitrogen and oxygen atoms in total. The average Bonchev–Trinajstić information content (AvgIpc) is 2.77. The van der Waals surface area contributed by atoms with Gasteiger partial charge in [0.2, 0.25) is 0 Å². The first-order chi connectivity index (χ1) is 15.3. The van der Waals surface area contributed by atoms with Gasteiger partial charge in [-0.2, -0.15) is 0 Å². The Hall–Kier alpha value is -1.87. The average molecular weight is 436 g/mol. The SMILES string of the molecule is CC(C)(C)C1CCC(Cc2ccc3cc(CCN4CCC(C(=O)O)CC4)ccc3c2)CC1. The molecule has 4 rings (SSSR count). The Morgan fingerprint density at radius 2 is 1.50 bits per heavy atom. The Morgan fingerprint density at radius 1 is 0.906 bits per heavy atom. The number of nitrogens with zero attached hydrogens (tertiary/aromatic N) is 1. The Morgan fingerprint density at radius 3 is 2.09 bits per heavy atom. The number of carboxylic acid groups (broad SMARTS) is 1. The van der Waals surface area contributed by atoms with Gasteiger partial charge in [0.25, 0.3) is 0 Å². The molecule has 0 radical (unpaired) electrons. The summed E-state index contributed by atoms with van der Waals surface area (Å²) in [7, 11) is 0. The van der Waals surface area contributed by atoms with E-state index in [9.17, 15) is 4.79 Å². The van der Waals surface area contributed by atoms with Crippen LogP contribution < -0.4 is 0 Å². The Kier molecular flexibility index (Phi) is 7.24. The quantitative estimate of drug-likeness (QED) is 0.557. The predicted molar refractivity (Wildman–Crippen MR) is 133 cm³/mol. The van der Waals surface area contributed by atoms with E-state index in [0.29, 0.717) is 5.41 Å². The van der Waals surface area contributed by atoms with Crippen LogP contribution in [0.4, 0.5) is 0 Å². The van der Waals surface area contributed by atoms with Crippen molar-refractivity contribution in [3.63, 3.8) is 0 Å². The van der Waals surface area contributed by atoms with E-state index in [1.165, 1.54) is 54.0 Å². The molecule has 2 aromatic rings. The molecule has 174 valence electrons. The van der Waals surface area contributed by atoms with Crippen LogP contribution in [0.2, 0.25) is 0 Å². The molecule has 1 N–H and O–H groups in total. The number of hydrogen-bond donors (Lipinski definition) is 1. The van der Waals surface area contributed by atoms with Gasteiger partial charge < -0.3 is 10.0 Å². The van der Waals surface area contributed by atoms with Crippen LogP contribution in [0.3, 0.4) is 0 Å². The first kappa shape index (κ1) is 23.3. The molecule has 0 spiro atoms. The molecule has 1 heterocycles. The number of hydrogen-bond acceptors (Lipinski definition) is 2. The van der Waals surface area contributed by atoms with Crippen LogP contribution in [0.5, 0.6) is 0 Å². The molecule has 3 heteroatoms. The lowest BCUT2D eigenvalue weighted by Gasteiger charge is -2.37. The van der Waals surface area contributed by atoms with Gasteiger partial charge in [-0.15, -0.1) is 0 Å². The zero-order valence-corrected chi connectivity index (χ0v) is 20.3. The van der Waals surface area contributed by atoms with Crippen LogP contribution in [-0.2, 0) is 17.6 Å². The Labute approximate surface area is 194 Å². The van der Waals surface area contributed by atoms with E-state index in [4.69, 9.17) is 5.11 Å². The summed E-state index contributed by atoms with van der Waals surface area (Å²) in [5.41, 5.74) is 3.33. The van der Waals surface area contributed by atoms with Crippen LogP contribution in [0, 0.1) is 23.2 Å². The zero-order chi connectivity index (χ0) is 22.7. The highest BCUT2D eigenvalue weighted by atomic mass is 16.4. The summed E-state index contributed by atoms with van der Waals surface area (Å²) in [6.07, 6.45) is 9.36. The number of piperidine rings is 1. The topological polar surface area (TPSA) is 40.5 Å². The van der Waals surface area contributed by atoms with Gasteiger partial charge in [0.15, 0.2) is 0 Å². The highest BCUT2D eigenvalue weighted by Gasteiger charge is 2.29. The number of fused-ring (bicyclic) bond motifs is 1. The molecule has 1 saturated carbocycles. The van der Waals surface area contributed by atoms with Gasteiger partial charge in [0.1, 0.15) is 0 Å². The maximum atomic E-state index is 11.1. The van der Waals surface area contributed by atoms with Crippen LogP contribution in [0.1, 0.15) is 70.4 Å². The summed E-state index contributed by atoms with van der Waals surface area (Å²) in [5.74, 6) is 0.957. The molecule has 0 bridgehead atoms. The van der Waals surface area contributed by atoms with E-state index < -0.39 is 5.97 Å². The third-order valence-corrected chi connectivity index (χ3v) is 8.22. The van der Waals surface area contributed by atoms with Crippen molar-refractivity contribution in [2.75, 3.05) is 19.6 Å². The minimum Gasteiger partial charge on any atom is -0.481 e. The first-order valence-electron chi connectivity index (χ1n) is 12.7. The maximum Gasteiger partial charge on any atom is 0.306 e. The molecular weight excluding hydrogens is 394 g/mol. The van der Waals surface area contributed by atoms with Gasteiger partial charge in [-0.3, -0.25) is 4.79 Å². The number of likely N-dealkylation sites (tertiary alicyclic amines) is 1. The lowest BCUT2D eigenvalue weighted by atomic mass is 9.69. The highest BCUT2D eigenvalue weighted by Crippen LogP contribution is 2.40. The lowest BCUT2D eigenvalue weighted by Crippen LogP contribution is -2.37. The van der Waals surface area contributed by atoms with Gasteiger partial charge >= 0.3 is 5.97 Å². The standard InChI is InChI=1S/C29H41NO2/c1-29(2,3)27-10-6-21(7-11-27)18-23-5-9-25-19-22(4-8-26(25)20-23)12-15-30-16-13-24(14-17-30)28(31)32/h4-5,8-9,19-21,24,27H,6-7,10-18H2,1-3H3,(H,31,32). The van der Waals surface area contributed by atoms with Crippen molar-refractivity contribution in [1.82, 2.24) is 4.90 Å². The van der Waals surface area contributed by atoms with Crippen LogP contribution in [-0.4, -0.2) is 35.6 Å². The maximum absolute atomic E-state index is 11.1. The van der Waals surface area contributed by atoms with E-state index in [0.717, 1.165) is 50.7 Å². The molecule has 2 fully saturated rings. The van der Waals surface area contributed by atoms with Gasteiger partial charge in [0.05, 0.1) is 5.92 Å². The second kappa shape index (κ2) is 9.95. The van der Waals surface area contributed by atoms with Gasteiger partial charge in [-0.25, -0.2) is 0 Å². The molecule has 0 atom stereocenters. The third kappa shape index (κ3) is 5.92. The van der Waals surface area contributed by atoms with Crippen molar-refractivity contribution < 1.29 is 9.90 Å². The molecular formula is C29H41NO2. The molecule has 1 aliphatic carbocycles. The molecule has 0 unspecified atom stereocenters. The van der Waals surface area contributed by atoms with Crippen LogP contribution in [0.25, 0.3) is 10.8 Å². The number of benzene rings is 2. The van der Waals surface area contributed by atoms with Crippen molar-refractivity contribution >= 4 is 16.7 Å². The molecule has 0 amide bonds. The summed E-state index contributed by atoms with van der Waals surface area (Å²) in [6.45, 7) is 10.0. The van der Waals surface area contributed by atoms with E-state index in [1.807, 2.05) is 0 Å². The molecule has 1 saturated heterocycles. The third-order valence-electron chi connectivity index (χ3n) is 8.22. The lowest BCUT2D eigenvalue weighted by molar-refractivity contribution is -0.143. The number of carboxylic acids is 1. The van der Waals surface area contributed by atoms with Gasteiger partial charge in [-0.1, -0.05) is 57.2 Å². The van der Waals surface area contributed by atoms with Crippen molar-refractivity contribution in [2.24, 2.45) is 23.2 Å². The fourth-order valence-electron chi connectivity index (χ4n) is 5.88. The summed E-state index contributed by atoms with van der Waals surface area (Å²) < 4.78 is 0. The molecule has 0 aromatic heterocycles. The Balaban J connectivity index is 1.29. The second-order valence-electron chi connectivity index (χ2n) is 11.5. The van der Waals surface area contributed by atoms with Crippen LogP contribution in [0.15, 0.2) is 36.4 Å². The van der Waals surface area contributed by atoms with E-state index >= 15 is 0 Å². The van der Waals surface area contributed by atoms with E-state index in [1.54, 1.807) is 0 Å². The largest absolute Gasteiger partial charge is 0.481 e. The van der Waals surface area contributed by atoms with Gasteiger partial charge in [0, 0.05) is 6.54 Å².